The quantitative estimate of drug-likeness (QED) is 0.437. The normalized spacial score (nSPS) is 10.5. The highest BCUT2D eigenvalue weighted by atomic mass is 16.1. The molecule has 0 aliphatic carbocycles. The van der Waals surface area contributed by atoms with E-state index in [-0.39, 0.29) is 5.91 Å². The third-order valence-electron chi connectivity index (χ3n) is 1.78. The molecule has 0 radical (unpaired) electrons. The van der Waals surface area contributed by atoms with Gasteiger partial charge in [-0.05, 0) is 18.2 Å². The molecule has 0 aliphatic rings. The lowest BCUT2D eigenvalue weighted by molar-refractivity contribution is -0.112. The number of nitrogens with one attached hydrogen (secondary N) is 2. The van der Waals surface area contributed by atoms with E-state index in [1.165, 1.54) is 12.2 Å². The fraction of sp³-hybridized carbons (Fsp3) is 0. The Morgan fingerprint density at radius 1 is 1.33 bits per heavy atom. The van der Waals surface area contributed by atoms with E-state index in [0.717, 1.165) is 11.9 Å². The summed E-state index contributed by atoms with van der Waals surface area (Å²) < 4.78 is 0. The minimum Gasteiger partial charge on any atom is -0.322 e. The Balaban J connectivity index is 2.75. The van der Waals surface area contributed by atoms with Crippen LogP contribution in [0.5, 0.6) is 0 Å². The highest BCUT2D eigenvalue weighted by molar-refractivity contribution is 6.07. The fourth-order valence-corrected chi connectivity index (χ4v) is 1.05. The number of anilines is 1. The number of allylic oxidation sites excluding steroid dienone is 1. The molecule has 0 aromatic heterocycles. The van der Waals surface area contributed by atoms with Gasteiger partial charge in [0, 0.05) is 17.5 Å². The molecule has 0 heterocycles. The molecule has 15 heavy (non-hydrogen) atoms. The molecule has 1 amide bonds. The predicted molar refractivity (Wildman–Crippen MR) is 62.1 cm³/mol. The number of hydrogen-bond donors (Lipinski definition) is 2. The predicted octanol–water partition coefficient (Wildman–Crippen LogP) is 2.39. The Kier molecular flexibility index (Phi) is 4.04. The van der Waals surface area contributed by atoms with Crippen LogP contribution < -0.4 is 5.32 Å². The van der Waals surface area contributed by atoms with Gasteiger partial charge >= 0.3 is 0 Å². The molecule has 3 nitrogen and oxygen atoms in total. The molecule has 0 spiro atoms. The van der Waals surface area contributed by atoms with E-state index >= 15 is 0 Å². The van der Waals surface area contributed by atoms with Crippen LogP contribution in [0, 0.1) is 5.41 Å². The molecule has 3 heteroatoms. The SMILES string of the molecule is C=C/C(=C\C=N)C(=O)Nc1ccccc1. The summed E-state index contributed by atoms with van der Waals surface area (Å²) >= 11 is 0. The average Bonchev–Trinajstić information content (AvgIpc) is 2.27. The van der Waals surface area contributed by atoms with Gasteiger partial charge in [-0.3, -0.25) is 4.79 Å². The van der Waals surface area contributed by atoms with Crippen molar-refractivity contribution in [3.05, 3.63) is 54.6 Å². The lowest BCUT2D eigenvalue weighted by Gasteiger charge is -2.04. The zero-order chi connectivity index (χ0) is 11.1. The standard InChI is InChI=1S/C12H12N2O/c1-2-10(8-9-13)12(15)14-11-6-4-3-5-7-11/h2-9,13H,1H2,(H,14,15)/b10-8+,13-9?. The van der Waals surface area contributed by atoms with Gasteiger partial charge in [0.1, 0.15) is 0 Å². The molecule has 0 aliphatic heterocycles. The second kappa shape index (κ2) is 5.54. The second-order valence-electron chi connectivity index (χ2n) is 2.81. The molecule has 0 unspecified atom stereocenters. The Labute approximate surface area is 88.6 Å². The molecule has 76 valence electrons. The van der Waals surface area contributed by atoms with Crippen molar-refractivity contribution in [1.29, 1.82) is 5.41 Å². The van der Waals surface area contributed by atoms with Crippen LogP contribution in [0.3, 0.4) is 0 Å². The Morgan fingerprint density at radius 3 is 2.53 bits per heavy atom. The molecule has 0 saturated carbocycles. The van der Waals surface area contributed by atoms with Gasteiger partial charge in [-0.2, -0.15) is 0 Å². The summed E-state index contributed by atoms with van der Waals surface area (Å²) in [6, 6.07) is 9.14. The van der Waals surface area contributed by atoms with E-state index in [2.05, 4.69) is 11.9 Å². The molecule has 0 bridgehead atoms. The van der Waals surface area contributed by atoms with Crippen molar-refractivity contribution >= 4 is 17.8 Å². The van der Waals surface area contributed by atoms with Crippen LogP contribution in [0.4, 0.5) is 5.69 Å². The molecule has 1 aromatic carbocycles. The minimum absolute atomic E-state index is 0.264. The zero-order valence-electron chi connectivity index (χ0n) is 8.23. The van der Waals surface area contributed by atoms with Gasteiger partial charge in [0.15, 0.2) is 0 Å². The number of carbonyl (C=O) groups excluding carboxylic acids is 1. The number of benzene rings is 1. The summed E-state index contributed by atoms with van der Waals surface area (Å²) in [6.45, 7) is 3.51. The van der Waals surface area contributed by atoms with Crippen molar-refractivity contribution in [2.75, 3.05) is 5.32 Å². The third-order valence-corrected chi connectivity index (χ3v) is 1.78. The lowest BCUT2D eigenvalue weighted by Crippen LogP contribution is -2.13. The molecular weight excluding hydrogens is 188 g/mol. The Bertz CT molecular complexity index is 393. The maximum absolute atomic E-state index is 11.6. The number of rotatable bonds is 4. The molecule has 0 atom stereocenters. The third kappa shape index (κ3) is 3.23. The minimum atomic E-state index is -0.264. The maximum Gasteiger partial charge on any atom is 0.255 e. The summed E-state index contributed by atoms with van der Waals surface area (Å²) in [7, 11) is 0. The summed E-state index contributed by atoms with van der Waals surface area (Å²) in [5.74, 6) is -0.264. The first kappa shape index (κ1) is 10.9. The highest BCUT2D eigenvalue weighted by Crippen LogP contribution is 2.07. The lowest BCUT2D eigenvalue weighted by atomic mass is 10.2. The van der Waals surface area contributed by atoms with Gasteiger partial charge in [-0.1, -0.05) is 30.9 Å². The average molecular weight is 200 g/mol. The first-order chi connectivity index (χ1) is 7.27. The van der Waals surface area contributed by atoms with E-state index in [1.54, 1.807) is 12.1 Å². The van der Waals surface area contributed by atoms with Crippen molar-refractivity contribution < 1.29 is 4.79 Å². The van der Waals surface area contributed by atoms with E-state index in [0.29, 0.717) is 5.57 Å². The van der Waals surface area contributed by atoms with E-state index in [9.17, 15) is 4.79 Å². The van der Waals surface area contributed by atoms with Crippen LogP contribution in [0.1, 0.15) is 0 Å². The summed E-state index contributed by atoms with van der Waals surface area (Å²) in [6.07, 6.45) is 3.87. The number of amides is 1. The van der Waals surface area contributed by atoms with Gasteiger partial charge in [0.05, 0.1) is 0 Å². The monoisotopic (exact) mass is 200 g/mol. The van der Waals surface area contributed by atoms with Crippen molar-refractivity contribution in [2.24, 2.45) is 0 Å². The van der Waals surface area contributed by atoms with Crippen molar-refractivity contribution in [1.82, 2.24) is 0 Å². The molecule has 1 aromatic rings. The smallest absolute Gasteiger partial charge is 0.255 e. The van der Waals surface area contributed by atoms with E-state index < -0.39 is 0 Å². The number of carbonyl (C=O) groups is 1. The molecule has 1 rings (SSSR count). The van der Waals surface area contributed by atoms with Gasteiger partial charge in [-0.15, -0.1) is 0 Å². The first-order valence-corrected chi connectivity index (χ1v) is 4.47. The van der Waals surface area contributed by atoms with E-state index in [4.69, 9.17) is 5.41 Å². The fourth-order valence-electron chi connectivity index (χ4n) is 1.05. The van der Waals surface area contributed by atoms with E-state index in [1.807, 2.05) is 18.2 Å². The van der Waals surface area contributed by atoms with Gasteiger partial charge in [-0.25, -0.2) is 0 Å². The first-order valence-electron chi connectivity index (χ1n) is 4.47. The number of hydrogen-bond acceptors (Lipinski definition) is 2. The molecule has 0 saturated heterocycles. The van der Waals surface area contributed by atoms with Crippen LogP contribution >= 0.6 is 0 Å². The van der Waals surface area contributed by atoms with Crippen molar-refractivity contribution in [2.45, 2.75) is 0 Å². The summed E-state index contributed by atoms with van der Waals surface area (Å²) in [5.41, 5.74) is 1.09. The summed E-state index contributed by atoms with van der Waals surface area (Å²) in [5, 5.41) is 9.58. The van der Waals surface area contributed by atoms with Crippen molar-refractivity contribution in [3.8, 4) is 0 Å². The van der Waals surface area contributed by atoms with Crippen LogP contribution in [-0.4, -0.2) is 12.1 Å². The molecular formula is C12H12N2O. The Morgan fingerprint density at radius 2 is 2.00 bits per heavy atom. The largest absolute Gasteiger partial charge is 0.322 e. The number of para-hydroxylation sites is 1. The second-order valence-corrected chi connectivity index (χ2v) is 2.81. The van der Waals surface area contributed by atoms with Crippen LogP contribution in [0.15, 0.2) is 54.6 Å². The van der Waals surface area contributed by atoms with Gasteiger partial charge in [0.2, 0.25) is 0 Å². The highest BCUT2D eigenvalue weighted by Gasteiger charge is 2.04. The van der Waals surface area contributed by atoms with Gasteiger partial charge in [0.25, 0.3) is 5.91 Å². The van der Waals surface area contributed by atoms with Crippen LogP contribution in [-0.2, 0) is 4.79 Å². The maximum atomic E-state index is 11.6. The van der Waals surface area contributed by atoms with Gasteiger partial charge < -0.3 is 10.7 Å². The summed E-state index contributed by atoms with van der Waals surface area (Å²) in [4.78, 5) is 11.6. The zero-order valence-corrected chi connectivity index (χ0v) is 8.23. The molecule has 2 N–H and O–H groups in total. The Hall–Kier alpha value is -2.16. The van der Waals surface area contributed by atoms with Crippen molar-refractivity contribution in [3.63, 3.8) is 0 Å². The van der Waals surface area contributed by atoms with Crippen LogP contribution in [0.25, 0.3) is 0 Å². The van der Waals surface area contributed by atoms with Crippen LogP contribution in [0.2, 0.25) is 0 Å². The topological polar surface area (TPSA) is 53.0 Å². The molecule has 0 fully saturated rings.